The molecular weight excluding hydrogens is 369 g/mol. The van der Waals surface area contributed by atoms with Crippen LogP contribution in [0.15, 0.2) is 18.2 Å². The third kappa shape index (κ3) is 5.11. The first-order valence-electron chi connectivity index (χ1n) is 8.15. The minimum atomic E-state index is -3.62. The zero-order chi connectivity index (χ0) is 17.9. The molecule has 1 saturated carbocycles. The van der Waals surface area contributed by atoms with E-state index in [1.807, 2.05) is 0 Å². The van der Waals surface area contributed by atoms with Crippen molar-refractivity contribution in [2.24, 2.45) is 5.92 Å². The highest BCUT2D eigenvalue weighted by Crippen LogP contribution is 2.25. The first-order chi connectivity index (χ1) is 11.2. The van der Waals surface area contributed by atoms with Gasteiger partial charge in [-0.25, -0.2) is 8.42 Å². The molecule has 2 rings (SSSR count). The predicted octanol–water partition coefficient (Wildman–Crippen LogP) is 3.99. The van der Waals surface area contributed by atoms with Crippen LogP contribution in [0.5, 0.6) is 0 Å². The summed E-state index contributed by atoms with van der Waals surface area (Å²) in [4.78, 5) is 12.3. The fraction of sp³-hybridized carbons (Fsp3) is 0.588. The molecule has 24 heavy (non-hydrogen) atoms. The summed E-state index contributed by atoms with van der Waals surface area (Å²) in [5.41, 5.74) is 0.524. The van der Waals surface area contributed by atoms with Crippen molar-refractivity contribution in [2.45, 2.75) is 56.6 Å². The summed E-state index contributed by atoms with van der Waals surface area (Å²) < 4.78 is 25.0. The molecule has 0 spiro atoms. The van der Waals surface area contributed by atoms with Crippen LogP contribution in [-0.2, 0) is 20.4 Å². The van der Waals surface area contributed by atoms with Gasteiger partial charge in [-0.2, -0.15) is 0 Å². The average molecular weight is 392 g/mol. The molecule has 0 unspecified atom stereocenters. The summed E-state index contributed by atoms with van der Waals surface area (Å²) >= 11 is 11.8. The van der Waals surface area contributed by atoms with Gasteiger partial charge in [-0.15, -0.1) is 0 Å². The molecule has 0 radical (unpaired) electrons. The van der Waals surface area contributed by atoms with Crippen LogP contribution in [0.4, 0.5) is 0 Å². The first kappa shape index (κ1) is 19.5. The number of halogens is 2. The molecule has 1 amide bonds. The number of carbonyl (C=O) groups excluding carboxylic acids is 1. The minimum Gasteiger partial charge on any atom is -0.352 e. The van der Waals surface area contributed by atoms with Crippen molar-refractivity contribution in [1.29, 1.82) is 0 Å². The highest BCUT2D eigenvalue weighted by molar-refractivity contribution is 7.92. The van der Waals surface area contributed by atoms with Crippen molar-refractivity contribution in [3.8, 4) is 0 Å². The Hall–Kier alpha value is -0.780. The maximum atomic E-state index is 12.5. The summed E-state index contributed by atoms with van der Waals surface area (Å²) in [6.07, 6.45) is 3.95. The molecule has 0 aromatic heterocycles. The molecule has 134 valence electrons. The topological polar surface area (TPSA) is 63.2 Å². The predicted molar refractivity (Wildman–Crippen MR) is 98.1 cm³/mol. The SMILES string of the molecule is CC1CCC(NC(=O)[C@H](C)S(=O)(=O)Cc2ccc(Cl)c(Cl)c2)CC1. The summed E-state index contributed by atoms with van der Waals surface area (Å²) in [5.74, 6) is 0.0174. The van der Waals surface area contributed by atoms with Gasteiger partial charge >= 0.3 is 0 Å². The molecule has 1 aromatic rings. The van der Waals surface area contributed by atoms with E-state index in [0.717, 1.165) is 25.7 Å². The maximum Gasteiger partial charge on any atom is 0.238 e. The Morgan fingerprint density at radius 1 is 1.21 bits per heavy atom. The average Bonchev–Trinajstić information content (AvgIpc) is 2.52. The van der Waals surface area contributed by atoms with Gasteiger partial charge in [0.15, 0.2) is 9.84 Å². The lowest BCUT2D eigenvalue weighted by Gasteiger charge is -2.27. The Balaban J connectivity index is 1.99. The largest absolute Gasteiger partial charge is 0.352 e. The van der Waals surface area contributed by atoms with E-state index < -0.39 is 21.0 Å². The van der Waals surface area contributed by atoms with Crippen LogP contribution in [0, 0.1) is 5.92 Å². The number of benzene rings is 1. The second kappa shape index (κ2) is 8.07. The van der Waals surface area contributed by atoms with Gasteiger partial charge in [-0.1, -0.05) is 36.2 Å². The van der Waals surface area contributed by atoms with Gasteiger partial charge in [0.05, 0.1) is 15.8 Å². The van der Waals surface area contributed by atoms with Gasteiger partial charge in [0.2, 0.25) is 5.91 Å². The van der Waals surface area contributed by atoms with E-state index in [0.29, 0.717) is 21.5 Å². The van der Waals surface area contributed by atoms with Crippen molar-refractivity contribution in [2.75, 3.05) is 0 Å². The fourth-order valence-corrected chi connectivity index (χ4v) is 4.48. The summed E-state index contributed by atoms with van der Waals surface area (Å²) in [5, 5.41) is 2.47. The lowest BCUT2D eigenvalue weighted by Crippen LogP contribution is -2.44. The smallest absolute Gasteiger partial charge is 0.238 e. The monoisotopic (exact) mass is 391 g/mol. The minimum absolute atomic E-state index is 0.0799. The van der Waals surface area contributed by atoms with Gasteiger partial charge in [0.25, 0.3) is 0 Å². The highest BCUT2D eigenvalue weighted by atomic mass is 35.5. The highest BCUT2D eigenvalue weighted by Gasteiger charge is 2.30. The van der Waals surface area contributed by atoms with Gasteiger partial charge in [0, 0.05) is 6.04 Å². The number of amides is 1. The van der Waals surface area contributed by atoms with E-state index in [4.69, 9.17) is 23.2 Å². The lowest BCUT2D eigenvalue weighted by molar-refractivity contribution is -0.121. The van der Waals surface area contributed by atoms with Crippen LogP contribution in [0.1, 0.15) is 45.1 Å². The molecule has 1 N–H and O–H groups in total. The summed E-state index contributed by atoms with van der Waals surface area (Å²) in [7, 11) is -3.62. The number of carbonyl (C=O) groups is 1. The number of hydrogen-bond acceptors (Lipinski definition) is 3. The van der Waals surface area contributed by atoms with Crippen LogP contribution in [0.3, 0.4) is 0 Å². The fourth-order valence-electron chi connectivity index (χ4n) is 2.87. The molecule has 0 saturated heterocycles. The quantitative estimate of drug-likeness (QED) is 0.824. The second-order valence-corrected chi connectivity index (χ2v) is 9.80. The number of sulfone groups is 1. The molecule has 1 aliphatic rings. The van der Waals surface area contributed by atoms with Crippen molar-refractivity contribution in [3.63, 3.8) is 0 Å². The normalized spacial score (nSPS) is 22.8. The van der Waals surface area contributed by atoms with E-state index >= 15 is 0 Å². The van der Waals surface area contributed by atoms with Crippen molar-refractivity contribution in [1.82, 2.24) is 5.32 Å². The molecule has 0 bridgehead atoms. The maximum absolute atomic E-state index is 12.5. The third-order valence-corrected chi connectivity index (χ3v) is 7.39. The van der Waals surface area contributed by atoms with E-state index in [-0.39, 0.29) is 11.8 Å². The van der Waals surface area contributed by atoms with Crippen LogP contribution < -0.4 is 5.32 Å². The Labute approximate surface area is 153 Å². The van der Waals surface area contributed by atoms with E-state index in [1.54, 1.807) is 12.1 Å². The molecule has 7 heteroatoms. The van der Waals surface area contributed by atoms with Crippen molar-refractivity contribution < 1.29 is 13.2 Å². The van der Waals surface area contributed by atoms with Crippen LogP contribution in [0.2, 0.25) is 10.0 Å². The lowest BCUT2D eigenvalue weighted by atomic mass is 9.87. The molecule has 0 aliphatic heterocycles. The first-order valence-corrected chi connectivity index (χ1v) is 10.6. The van der Waals surface area contributed by atoms with Gasteiger partial charge in [-0.05, 0) is 56.2 Å². The summed E-state index contributed by atoms with van der Waals surface area (Å²) in [6, 6.07) is 4.77. The Morgan fingerprint density at radius 3 is 2.42 bits per heavy atom. The zero-order valence-electron chi connectivity index (χ0n) is 13.9. The van der Waals surface area contributed by atoms with Gasteiger partial charge in [-0.3, -0.25) is 4.79 Å². The molecule has 0 heterocycles. The summed E-state index contributed by atoms with van der Waals surface area (Å²) in [6.45, 7) is 3.63. The molecule has 1 fully saturated rings. The Morgan fingerprint density at radius 2 is 1.83 bits per heavy atom. The zero-order valence-corrected chi connectivity index (χ0v) is 16.2. The van der Waals surface area contributed by atoms with E-state index in [1.165, 1.54) is 13.0 Å². The molecule has 1 aromatic carbocycles. The van der Waals surface area contributed by atoms with Crippen molar-refractivity contribution in [3.05, 3.63) is 33.8 Å². The number of nitrogens with one attached hydrogen (secondary N) is 1. The third-order valence-electron chi connectivity index (χ3n) is 4.62. The standard InChI is InChI=1S/C17H23Cl2NO3S/c1-11-3-6-14(7-4-11)20-17(21)12(2)24(22,23)10-13-5-8-15(18)16(19)9-13/h5,8-9,11-12,14H,3-4,6-7,10H2,1-2H3,(H,20,21)/t11?,12-,14?/m0/s1. The number of rotatable bonds is 5. The molecule has 1 aliphatic carbocycles. The Kier molecular flexibility index (Phi) is 6.57. The van der Waals surface area contributed by atoms with Crippen LogP contribution in [-0.4, -0.2) is 25.6 Å². The van der Waals surface area contributed by atoms with E-state index in [2.05, 4.69) is 12.2 Å². The van der Waals surface area contributed by atoms with Gasteiger partial charge in [0.1, 0.15) is 5.25 Å². The van der Waals surface area contributed by atoms with E-state index in [9.17, 15) is 13.2 Å². The van der Waals surface area contributed by atoms with Crippen LogP contribution >= 0.6 is 23.2 Å². The second-order valence-electron chi connectivity index (χ2n) is 6.66. The molecule has 4 nitrogen and oxygen atoms in total. The molecule has 1 atom stereocenters. The number of hydrogen-bond donors (Lipinski definition) is 1. The molecular formula is C17H23Cl2NO3S. The van der Waals surface area contributed by atoms with Crippen molar-refractivity contribution >= 4 is 38.9 Å². The van der Waals surface area contributed by atoms with Gasteiger partial charge < -0.3 is 5.32 Å². The Bertz CT molecular complexity index is 698. The van der Waals surface area contributed by atoms with Crippen LogP contribution in [0.25, 0.3) is 0 Å².